The van der Waals surface area contributed by atoms with Crippen molar-refractivity contribution in [2.24, 2.45) is 0 Å². The van der Waals surface area contributed by atoms with E-state index in [1.807, 2.05) is 6.92 Å². The Bertz CT molecular complexity index is 824. The SMILES string of the molecule is CCCN1c2cc(F)c(/C=C3\NC(=O)NC3=O)cc2C(C)=CC1(C)C. The number of allylic oxidation sites excluding steroid dienone is 1. The van der Waals surface area contributed by atoms with Gasteiger partial charge in [0.05, 0.1) is 5.54 Å². The summed E-state index contributed by atoms with van der Waals surface area (Å²) in [5, 5.41) is 4.50. The molecule has 132 valence electrons. The summed E-state index contributed by atoms with van der Waals surface area (Å²) in [6, 6.07) is 2.66. The second-order valence-corrected chi connectivity index (χ2v) is 6.99. The number of rotatable bonds is 3. The predicted octanol–water partition coefficient (Wildman–Crippen LogP) is 3.42. The standard InChI is InChI=1S/C19H22FN3O2/c1-5-6-23-16-9-14(20)12(8-15-17(24)22-18(25)21-15)7-13(16)11(2)10-19(23,3)4/h7-10H,5-6H2,1-4H3,(H2,21,22,24,25)/b15-8-. The lowest BCUT2D eigenvalue weighted by molar-refractivity contribution is -0.115. The zero-order chi connectivity index (χ0) is 18.4. The number of halogens is 1. The molecule has 0 bridgehead atoms. The lowest BCUT2D eigenvalue weighted by atomic mass is 9.87. The molecule has 3 amide bonds. The third kappa shape index (κ3) is 3.04. The molecular formula is C19H22FN3O2. The molecule has 25 heavy (non-hydrogen) atoms. The molecule has 2 heterocycles. The Kier molecular flexibility index (Phi) is 4.14. The number of urea groups is 1. The quantitative estimate of drug-likeness (QED) is 0.653. The maximum absolute atomic E-state index is 14.7. The van der Waals surface area contributed by atoms with Crippen molar-refractivity contribution in [2.75, 3.05) is 11.4 Å². The summed E-state index contributed by atoms with van der Waals surface area (Å²) in [5.74, 6) is -0.977. The van der Waals surface area contributed by atoms with Gasteiger partial charge >= 0.3 is 6.03 Å². The molecule has 5 nitrogen and oxygen atoms in total. The lowest BCUT2D eigenvalue weighted by Crippen LogP contribution is -2.45. The van der Waals surface area contributed by atoms with E-state index >= 15 is 0 Å². The number of anilines is 1. The zero-order valence-electron chi connectivity index (χ0n) is 14.9. The van der Waals surface area contributed by atoms with Gasteiger partial charge in [0.25, 0.3) is 5.91 Å². The summed E-state index contributed by atoms with van der Waals surface area (Å²) < 4.78 is 14.7. The van der Waals surface area contributed by atoms with Gasteiger partial charge in [-0.25, -0.2) is 9.18 Å². The van der Waals surface area contributed by atoms with Crippen LogP contribution in [0.5, 0.6) is 0 Å². The van der Waals surface area contributed by atoms with Crippen LogP contribution in [-0.4, -0.2) is 24.0 Å². The number of hydrogen-bond acceptors (Lipinski definition) is 3. The van der Waals surface area contributed by atoms with Gasteiger partial charge in [-0.2, -0.15) is 0 Å². The molecule has 1 fully saturated rings. The summed E-state index contributed by atoms with van der Waals surface area (Å²) in [6.07, 6.45) is 4.49. The van der Waals surface area contributed by atoms with Crippen molar-refractivity contribution in [3.8, 4) is 0 Å². The largest absolute Gasteiger partial charge is 0.362 e. The van der Waals surface area contributed by atoms with E-state index in [2.05, 4.69) is 42.4 Å². The predicted molar refractivity (Wildman–Crippen MR) is 96.4 cm³/mol. The Balaban J connectivity index is 2.10. The Morgan fingerprint density at radius 2 is 1.96 bits per heavy atom. The first-order valence-electron chi connectivity index (χ1n) is 8.38. The van der Waals surface area contributed by atoms with Gasteiger partial charge in [-0.15, -0.1) is 0 Å². The van der Waals surface area contributed by atoms with Crippen LogP contribution in [0, 0.1) is 5.82 Å². The van der Waals surface area contributed by atoms with Crippen molar-refractivity contribution in [1.82, 2.24) is 10.6 Å². The minimum atomic E-state index is -0.596. The van der Waals surface area contributed by atoms with Crippen LogP contribution in [0.15, 0.2) is 23.9 Å². The molecule has 3 rings (SSSR count). The van der Waals surface area contributed by atoms with Gasteiger partial charge in [0, 0.05) is 23.4 Å². The number of carbonyl (C=O) groups is 2. The average Bonchev–Trinajstić information content (AvgIpc) is 2.82. The van der Waals surface area contributed by atoms with Crippen LogP contribution in [0.4, 0.5) is 14.9 Å². The summed E-state index contributed by atoms with van der Waals surface area (Å²) in [7, 11) is 0. The Hall–Kier alpha value is -2.63. The fourth-order valence-corrected chi connectivity index (χ4v) is 3.50. The first-order chi connectivity index (χ1) is 11.7. The smallest absolute Gasteiger partial charge is 0.326 e. The maximum atomic E-state index is 14.7. The monoisotopic (exact) mass is 343 g/mol. The third-order valence-electron chi connectivity index (χ3n) is 4.56. The molecule has 1 saturated heterocycles. The number of nitrogens with one attached hydrogen (secondary N) is 2. The van der Waals surface area contributed by atoms with Crippen LogP contribution in [0.1, 0.15) is 45.2 Å². The van der Waals surface area contributed by atoms with Crippen molar-refractivity contribution >= 4 is 29.3 Å². The number of hydrogen-bond donors (Lipinski definition) is 2. The highest BCUT2D eigenvalue weighted by molar-refractivity contribution is 6.14. The van der Waals surface area contributed by atoms with E-state index in [4.69, 9.17) is 0 Å². The molecule has 0 radical (unpaired) electrons. The van der Waals surface area contributed by atoms with E-state index in [9.17, 15) is 14.0 Å². The molecular weight excluding hydrogens is 321 g/mol. The molecule has 0 aliphatic carbocycles. The maximum Gasteiger partial charge on any atom is 0.326 e. The first kappa shape index (κ1) is 17.2. The van der Waals surface area contributed by atoms with Gasteiger partial charge in [0.1, 0.15) is 11.5 Å². The highest BCUT2D eigenvalue weighted by Gasteiger charge is 2.32. The topological polar surface area (TPSA) is 61.4 Å². The molecule has 0 aromatic heterocycles. The summed E-state index contributed by atoms with van der Waals surface area (Å²) in [5.41, 5.74) is 2.98. The van der Waals surface area contributed by atoms with Crippen molar-refractivity contribution < 1.29 is 14.0 Å². The van der Waals surface area contributed by atoms with Crippen LogP contribution < -0.4 is 15.5 Å². The van der Waals surface area contributed by atoms with Crippen molar-refractivity contribution in [3.05, 3.63) is 40.8 Å². The molecule has 2 aliphatic rings. The van der Waals surface area contributed by atoms with Gasteiger partial charge in [-0.05, 0) is 51.0 Å². The fourth-order valence-electron chi connectivity index (χ4n) is 3.50. The number of benzene rings is 1. The lowest BCUT2D eigenvalue weighted by Gasteiger charge is -2.43. The molecule has 2 N–H and O–H groups in total. The Labute approximate surface area is 146 Å². The molecule has 1 aromatic rings. The highest BCUT2D eigenvalue weighted by atomic mass is 19.1. The fraction of sp³-hybridized carbons (Fsp3) is 0.368. The van der Waals surface area contributed by atoms with Gasteiger partial charge in [0.2, 0.25) is 0 Å². The van der Waals surface area contributed by atoms with Gasteiger partial charge in [-0.1, -0.05) is 13.0 Å². The molecule has 2 aliphatic heterocycles. The van der Waals surface area contributed by atoms with Crippen LogP contribution in [0.25, 0.3) is 11.6 Å². The summed E-state index contributed by atoms with van der Waals surface area (Å²) >= 11 is 0. The zero-order valence-corrected chi connectivity index (χ0v) is 14.9. The molecule has 0 unspecified atom stereocenters. The van der Waals surface area contributed by atoms with E-state index in [0.29, 0.717) is 0 Å². The van der Waals surface area contributed by atoms with Crippen LogP contribution >= 0.6 is 0 Å². The molecule has 0 atom stereocenters. The van der Waals surface area contributed by atoms with Gasteiger partial charge in [-0.3, -0.25) is 10.1 Å². The van der Waals surface area contributed by atoms with Crippen LogP contribution in [0.3, 0.4) is 0 Å². The second-order valence-electron chi connectivity index (χ2n) is 6.99. The normalized spacial score (nSPS) is 20.3. The van der Waals surface area contributed by atoms with Gasteiger partial charge < -0.3 is 10.2 Å². The Morgan fingerprint density at radius 1 is 1.24 bits per heavy atom. The second kappa shape index (κ2) is 6.02. The average molecular weight is 343 g/mol. The molecule has 0 spiro atoms. The van der Waals surface area contributed by atoms with E-state index in [1.165, 1.54) is 12.1 Å². The number of carbonyl (C=O) groups excluding carboxylic acids is 2. The molecule has 6 heteroatoms. The van der Waals surface area contributed by atoms with E-state index in [-0.39, 0.29) is 16.8 Å². The number of nitrogens with zero attached hydrogens (tertiary/aromatic N) is 1. The number of amides is 3. The molecule has 1 aromatic carbocycles. The van der Waals surface area contributed by atoms with Crippen molar-refractivity contribution in [2.45, 2.75) is 39.7 Å². The van der Waals surface area contributed by atoms with Crippen LogP contribution in [0.2, 0.25) is 0 Å². The van der Waals surface area contributed by atoms with E-state index < -0.39 is 17.8 Å². The minimum Gasteiger partial charge on any atom is -0.362 e. The minimum absolute atomic E-state index is 0.0482. The highest BCUT2D eigenvalue weighted by Crippen LogP contribution is 2.40. The van der Waals surface area contributed by atoms with Crippen molar-refractivity contribution in [3.63, 3.8) is 0 Å². The van der Waals surface area contributed by atoms with Crippen LogP contribution in [-0.2, 0) is 4.79 Å². The third-order valence-corrected chi connectivity index (χ3v) is 4.56. The number of fused-ring (bicyclic) bond motifs is 1. The van der Waals surface area contributed by atoms with Gasteiger partial charge in [0.15, 0.2) is 0 Å². The van der Waals surface area contributed by atoms with Crippen molar-refractivity contribution in [1.29, 1.82) is 0 Å². The first-order valence-corrected chi connectivity index (χ1v) is 8.38. The number of imide groups is 1. The summed E-state index contributed by atoms with van der Waals surface area (Å²) in [6.45, 7) is 9.14. The summed E-state index contributed by atoms with van der Waals surface area (Å²) in [4.78, 5) is 25.1. The van der Waals surface area contributed by atoms with E-state index in [0.717, 1.165) is 29.8 Å². The molecule has 0 saturated carbocycles. The Morgan fingerprint density at radius 3 is 2.56 bits per heavy atom. The van der Waals surface area contributed by atoms with E-state index in [1.54, 1.807) is 6.07 Å².